The lowest BCUT2D eigenvalue weighted by Gasteiger charge is -2.11. The third kappa shape index (κ3) is 3.90. The number of methoxy groups -OCH3 is 1. The van der Waals surface area contributed by atoms with Gasteiger partial charge in [-0.2, -0.15) is 0 Å². The lowest BCUT2D eigenvalue weighted by molar-refractivity contribution is 0.0477. The second kappa shape index (κ2) is 8.56. The minimum Gasteiger partial charge on any atom is -0.482 e. The number of carbonyl (C=O) groups is 2. The van der Waals surface area contributed by atoms with Gasteiger partial charge in [0.1, 0.15) is 5.56 Å². The standard InChI is InChI=1S/C20H25NO5/c1-6-25-19(22)16-14(4)21(12-15-10-8-13(3)9-11-15)18(24-5)17(16)20(23)26-7-2/h8-11H,6-7,12H2,1-5H3. The van der Waals surface area contributed by atoms with Crippen molar-refractivity contribution in [3.05, 3.63) is 52.2 Å². The largest absolute Gasteiger partial charge is 0.482 e. The minimum atomic E-state index is -0.599. The summed E-state index contributed by atoms with van der Waals surface area (Å²) in [5.41, 5.74) is 3.08. The van der Waals surface area contributed by atoms with Crippen molar-refractivity contribution in [2.24, 2.45) is 0 Å². The molecule has 2 aromatic rings. The van der Waals surface area contributed by atoms with Gasteiger partial charge < -0.3 is 18.8 Å². The van der Waals surface area contributed by atoms with Gasteiger partial charge in [-0.3, -0.25) is 0 Å². The number of ether oxygens (including phenoxy) is 3. The van der Waals surface area contributed by atoms with Gasteiger partial charge in [0.2, 0.25) is 5.88 Å². The van der Waals surface area contributed by atoms with Crippen LogP contribution in [0.1, 0.15) is 51.4 Å². The molecular formula is C20H25NO5. The van der Waals surface area contributed by atoms with Crippen molar-refractivity contribution in [2.45, 2.75) is 34.2 Å². The molecule has 0 aliphatic rings. The van der Waals surface area contributed by atoms with Crippen LogP contribution in [0, 0.1) is 13.8 Å². The van der Waals surface area contributed by atoms with E-state index in [1.54, 1.807) is 25.3 Å². The Morgan fingerprint density at radius 1 is 0.923 bits per heavy atom. The van der Waals surface area contributed by atoms with Crippen LogP contribution in [0.25, 0.3) is 0 Å². The van der Waals surface area contributed by atoms with Crippen LogP contribution in [0.5, 0.6) is 5.88 Å². The SMILES string of the molecule is CCOC(=O)c1c(C(=O)OCC)c(OC)n(Cc2ccc(C)cc2)c1C. The number of hydrogen-bond donors (Lipinski definition) is 0. The molecule has 0 radical (unpaired) electrons. The van der Waals surface area contributed by atoms with Gasteiger partial charge in [-0.15, -0.1) is 0 Å². The summed E-state index contributed by atoms with van der Waals surface area (Å²) in [7, 11) is 1.47. The first-order valence-electron chi connectivity index (χ1n) is 8.61. The molecule has 0 fully saturated rings. The quantitative estimate of drug-likeness (QED) is 0.708. The fourth-order valence-electron chi connectivity index (χ4n) is 2.83. The van der Waals surface area contributed by atoms with Crippen molar-refractivity contribution < 1.29 is 23.8 Å². The third-order valence-corrected chi connectivity index (χ3v) is 4.09. The van der Waals surface area contributed by atoms with E-state index in [2.05, 4.69) is 0 Å². The molecule has 0 bridgehead atoms. The average molecular weight is 359 g/mol. The van der Waals surface area contributed by atoms with E-state index >= 15 is 0 Å². The first-order chi connectivity index (χ1) is 12.4. The zero-order valence-corrected chi connectivity index (χ0v) is 15.9. The van der Waals surface area contributed by atoms with Crippen LogP contribution in [0.3, 0.4) is 0 Å². The lowest BCUT2D eigenvalue weighted by atomic mass is 10.1. The van der Waals surface area contributed by atoms with Gasteiger partial charge in [-0.05, 0) is 33.3 Å². The summed E-state index contributed by atoms with van der Waals surface area (Å²) < 4.78 is 17.6. The Bertz CT molecular complexity index is 790. The molecule has 6 nitrogen and oxygen atoms in total. The molecule has 0 unspecified atom stereocenters. The highest BCUT2D eigenvalue weighted by Crippen LogP contribution is 2.32. The molecule has 1 aromatic carbocycles. The number of carbonyl (C=O) groups excluding carboxylic acids is 2. The Hall–Kier alpha value is -2.76. The molecule has 6 heteroatoms. The van der Waals surface area contributed by atoms with Crippen molar-refractivity contribution >= 4 is 11.9 Å². The number of hydrogen-bond acceptors (Lipinski definition) is 5. The summed E-state index contributed by atoms with van der Waals surface area (Å²) in [6, 6.07) is 8.03. The second-order valence-corrected chi connectivity index (χ2v) is 5.86. The number of esters is 2. The lowest BCUT2D eigenvalue weighted by Crippen LogP contribution is -2.13. The molecule has 26 heavy (non-hydrogen) atoms. The number of rotatable bonds is 7. The molecule has 0 N–H and O–H groups in total. The van der Waals surface area contributed by atoms with Crippen molar-refractivity contribution in [2.75, 3.05) is 20.3 Å². The highest BCUT2D eigenvalue weighted by atomic mass is 16.5. The van der Waals surface area contributed by atoms with Crippen LogP contribution < -0.4 is 4.74 Å². The molecule has 1 heterocycles. The van der Waals surface area contributed by atoms with Gasteiger partial charge in [0.15, 0.2) is 0 Å². The molecule has 0 atom stereocenters. The Morgan fingerprint density at radius 3 is 1.96 bits per heavy atom. The van der Waals surface area contributed by atoms with E-state index in [9.17, 15) is 9.59 Å². The fraction of sp³-hybridized carbons (Fsp3) is 0.400. The van der Waals surface area contributed by atoms with E-state index in [1.165, 1.54) is 7.11 Å². The van der Waals surface area contributed by atoms with Gasteiger partial charge in [0.05, 0.1) is 32.4 Å². The molecule has 0 aliphatic heterocycles. The summed E-state index contributed by atoms with van der Waals surface area (Å²) >= 11 is 0. The molecular weight excluding hydrogens is 334 g/mol. The topological polar surface area (TPSA) is 66.8 Å². The average Bonchev–Trinajstić information content (AvgIpc) is 2.89. The van der Waals surface area contributed by atoms with Crippen molar-refractivity contribution in [1.82, 2.24) is 4.57 Å². The maximum atomic E-state index is 12.5. The van der Waals surface area contributed by atoms with Crippen molar-refractivity contribution in [1.29, 1.82) is 0 Å². The van der Waals surface area contributed by atoms with E-state index in [-0.39, 0.29) is 24.3 Å². The first-order valence-corrected chi connectivity index (χ1v) is 8.61. The summed E-state index contributed by atoms with van der Waals surface area (Å²) in [6.07, 6.45) is 0. The Morgan fingerprint density at radius 2 is 1.46 bits per heavy atom. The van der Waals surface area contributed by atoms with Gasteiger partial charge in [-0.1, -0.05) is 29.8 Å². The van der Waals surface area contributed by atoms with Gasteiger partial charge in [-0.25, -0.2) is 9.59 Å². The predicted octanol–water partition coefficient (Wildman–Crippen LogP) is 3.52. The summed E-state index contributed by atoms with van der Waals surface area (Å²) in [4.78, 5) is 25.0. The number of nitrogens with zero attached hydrogens (tertiary/aromatic N) is 1. The molecule has 0 aliphatic carbocycles. The number of aryl methyl sites for hydroxylation is 1. The first kappa shape index (κ1) is 19.6. The number of aromatic nitrogens is 1. The zero-order chi connectivity index (χ0) is 19.3. The Balaban J connectivity index is 2.59. The van der Waals surface area contributed by atoms with Crippen LogP contribution in [0.2, 0.25) is 0 Å². The summed E-state index contributed by atoms with van der Waals surface area (Å²) in [5.74, 6) is -0.864. The predicted molar refractivity (Wildman–Crippen MR) is 97.9 cm³/mol. The molecule has 1 aromatic heterocycles. The van der Waals surface area contributed by atoms with Crippen LogP contribution >= 0.6 is 0 Å². The van der Waals surface area contributed by atoms with Gasteiger partial charge in [0, 0.05) is 5.69 Å². The van der Waals surface area contributed by atoms with E-state index in [1.807, 2.05) is 31.2 Å². The molecule has 0 saturated heterocycles. The Labute approximate surface area is 153 Å². The monoisotopic (exact) mass is 359 g/mol. The molecule has 140 valence electrons. The second-order valence-electron chi connectivity index (χ2n) is 5.86. The smallest absolute Gasteiger partial charge is 0.344 e. The van der Waals surface area contributed by atoms with E-state index in [0.29, 0.717) is 18.1 Å². The highest BCUT2D eigenvalue weighted by molar-refractivity contribution is 6.06. The zero-order valence-electron chi connectivity index (χ0n) is 15.9. The van der Waals surface area contributed by atoms with Crippen molar-refractivity contribution in [3.8, 4) is 5.88 Å². The van der Waals surface area contributed by atoms with Gasteiger partial charge in [0.25, 0.3) is 0 Å². The third-order valence-electron chi connectivity index (χ3n) is 4.09. The highest BCUT2D eigenvalue weighted by Gasteiger charge is 2.32. The van der Waals surface area contributed by atoms with E-state index in [0.717, 1.165) is 11.1 Å². The van der Waals surface area contributed by atoms with Crippen LogP contribution in [-0.4, -0.2) is 36.8 Å². The normalized spacial score (nSPS) is 10.5. The summed E-state index contributed by atoms with van der Waals surface area (Å²) in [5, 5.41) is 0. The summed E-state index contributed by atoms with van der Waals surface area (Å²) in [6.45, 7) is 8.09. The van der Waals surface area contributed by atoms with Crippen molar-refractivity contribution in [3.63, 3.8) is 0 Å². The van der Waals surface area contributed by atoms with Crippen LogP contribution in [-0.2, 0) is 16.0 Å². The van der Waals surface area contributed by atoms with E-state index in [4.69, 9.17) is 14.2 Å². The fourth-order valence-corrected chi connectivity index (χ4v) is 2.83. The minimum absolute atomic E-state index is 0.109. The molecule has 0 spiro atoms. The van der Waals surface area contributed by atoms with Crippen LogP contribution in [0.15, 0.2) is 24.3 Å². The Kier molecular flexibility index (Phi) is 6.44. The van der Waals surface area contributed by atoms with Gasteiger partial charge >= 0.3 is 11.9 Å². The maximum absolute atomic E-state index is 12.5. The molecule has 0 saturated carbocycles. The van der Waals surface area contributed by atoms with E-state index < -0.39 is 11.9 Å². The maximum Gasteiger partial charge on any atom is 0.344 e. The molecule has 0 amide bonds. The van der Waals surface area contributed by atoms with Crippen LogP contribution in [0.4, 0.5) is 0 Å². The number of benzene rings is 1. The molecule has 2 rings (SSSR count).